The van der Waals surface area contributed by atoms with Crippen LogP contribution in [0, 0.1) is 15.9 Å². The molecule has 3 N–H and O–H groups in total. The molecule has 0 aliphatic heterocycles. The fraction of sp³-hybridized carbons (Fsp3) is 0.222. The van der Waals surface area contributed by atoms with Crippen LogP contribution in [0.15, 0.2) is 42.5 Å². The summed E-state index contributed by atoms with van der Waals surface area (Å²) >= 11 is 0. The fourth-order valence-corrected chi connectivity index (χ4v) is 2.36. The van der Waals surface area contributed by atoms with Crippen LogP contribution in [0.4, 0.5) is 28.0 Å². The number of nitro benzene ring substituents is 1. The maximum absolute atomic E-state index is 13.1. The molecule has 12 heteroatoms. The Morgan fingerprint density at radius 1 is 0.967 bits per heavy atom. The summed E-state index contributed by atoms with van der Waals surface area (Å²) in [5, 5.41) is 17.4. The van der Waals surface area contributed by atoms with Crippen molar-refractivity contribution in [3.8, 4) is 0 Å². The molecule has 2 rings (SSSR count). The Bertz CT molecular complexity index is 933. The number of rotatable bonds is 7. The molecular formula is C18H16F4N4O4. The first-order valence-electron chi connectivity index (χ1n) is 8.43. The predicted molar refractivity (Wildman–Crippen MR) is 96.6 cm³/mol. The molecule has 0 aliphatic carbocycles. The average molecular weight is 428 g/mol. The van der Waals surface area contributed by atoms with Gasteiger partial charge in [-0.1, -0.05) is 18.2 Å². The molecule has 2 aromatic carbocycles. The van der Waals surface area contributed by atoms with Crippen LogP contribution in [0.25, 0.3) is 0 Å². The van der Waals surface area contributed by atoms with Gasteiger partial charge in [-0.15, -0.1) is 0 Å². The minimum Gasteiger partial charge on any atom is -0.350 e. The van der Waals surface area contributed by atoms with Crippen molar-refractivity contribution < 1.29 is 32.1 Å². The Balaban J connectivity index is 1.78. The molecule has 0 radical (unpaired) electrons. The van der Waals surface area contributed by atoms with Crippen molar-refractivity contribution in [3.63, 3.8) is 0 Å². The van der Waals surface area contributed by atoms with Crippen molar-refractivity contribution in [2.24, 2.45) is 0 Å². The summed E-state index contributed by atoms with van der Waals surface area (Å²) in [7, 11) is 0. The molecule has 8 nitrogen and oxygen atoms in total. The summed E-state index contributed by atoms with van der Waals surface area (Å²) in [4.78, 5) is 33.4. The van der Waals surface area contributed by atoms with Gasteiger partial charge in [-0.2, -0.15) is 13.2 Å². The zero-order valence-electron chi connectivity index (χ0n) is 15.3. The van der Waals surface area contributed by atoms with Crippen LogP contribution in [-0.4, -0.2) is 23.4 Å². The molecule has 0 spiro atoms. The highest BCUT2D eigenvalue weighted by Gasteiger charge is 2.33. The number of carbonyl (C=O) groups excluding carboxylic acids is 2. The van der Waals surface area contributed by atoms with Crippen LogP contribution in [-0.2, 0) is 24.1 Å². The lowest BCUT2D eigenvalue weighted by Gasteiger charge is -2.14. The van der Waals surface area contributed by atoms with Gasteiger partial charge >= 0.3 is 12.2 Å². The number of hydrogen-bond donors (Lipinski definition) is 3. The van der Waals surface area contributed by atoms with E-state index >= 15 is 0 Å². The quantitative estimate of drug-likeness (QED) is 0.358. The van der Waals surface area contributed by atoms with E-state index in [2.05, 4.69) is 16.0 Å². The summed E-state index contributed by atoms with van der Waals surface area (Å²) in [6.07, 6.45) is -4.78. The molecule has 0 saturated heterocycles. The normalized spacial score (nSPS) is 10.9. The number of halogens is 4. The summed E-state index contributed by atoms with van der Waals surface area (Å²) in [5.41, 5.74) is -1.04. The van der Waals surface area contributed by atoms with Crippen LogP contribution in [0.3, 0.4) is 0 Å². The lowest BCUT2D eigenvalue weighted by molar-refractivity contribution is -0.384. The van der Waals surface area contributed by atoms with Crippen molar-refractivity contribution in [2.75, 3.05) is 6.54 Å². The largest absolute Gasteiger partial charge is 0.416 e. The number of urea groups is 1. The highest BCUT2D eigenvalue weighted by atomic mass is 19.4. The number of nitro groups is 1. The molecule has 2 aromatic rings. The number of hydrogen-bond acceptors (Lipinski definition) is 4. The van der Waals surface area contributed by atoms with Gasteiger partial charge in [-0.3, -0.25) is 14.9 Å². The topological polar surface area (TPSA) is 113 Å². The van der Waals surface area contributed by atoms with Crippen LogP contribution in [0.2, 0.25) is 0 Å². The average Bonchev–Trinajstić information content (AvgIpc) is 2.69. The van der Waals surface area contributed by atoms with E-state index in [4.69, 9.17) is 0 Å². The Morgan fingerprint density at radius 3 is 2.23 bits per heavy atom. The van der Waals surface area contributed by atoms with Gasteiger partial charge in [-0.05, 0) is 23.3 Å². The van der Waals surface area contributed by atoms with Crippen molar-refractivity contribution in [1.82, 2.24) is 16.0 Å². The van der Waals surface area contributed by atoms with Gasteiger partial charge in [0.05, 0.1) is 17.0 Å². The summed E-state index contributed by atoms with van der Waals surface area (Å²) in [6.45, 7) is -0.968. The summed E-state index contributed by atoms with van der Waals surface area (Å²) < 4.78 is 51.8. The second-order valence-electron chi connectivity index (χ2n) is 6.04. The molecule has 0 saturated carbocycles. The third-order valence-electron chi connectivity index (χ3n) is 3.86. The molecule has 0 aliphatic rings. The monoisotopic (exact) mass is 428 g/mol. The minimum atomic E-state index is -4.78. The van der Waals surface area contributed by atoms with E-state index < -0.39 is 47.5 Å². The predicted octanol–water partition coefficient (Wildman–Crippen LogP) is 2.87. The van der Waals surface area contributed by atoms with Gasteiger partial charge < -0.3 is 16.0 Å². The third kappa shape index (κ3) is 6.72. The highest BCUT2D eigenvalue weighted by Crippen LogP contribution is 2.32. The van der Waals surface area contributed by atoms with Crippen molar-refractivity contribution in [2.45, 2.75) is 19.3 Å². The van der Waals surface area contributed by atoms with E-state index in [1.807, 2.05) is 0 Å². The maximum atomic E-state index is 13.1. The lowest BCUT2D eigenvalue weighted by atomic mass is 10.1. The van der Waals surface area contributed by atoms with Gasteiger partial charge in [0, 0.05) is 25.2 Å². The second kappa shape index (κ2) is 9.67. The second-order valence-corrected chi connectivity index (χ2v) is 6.04. The number of alkyl halides is 3. The summed E-state index contributed by atoms with van der Waals surface area (Å²) in [6, 6.07) is 6.83. The minimum absolute atomic E-state index is 0.0377. The first kappa shape index (κ1) is 22.6. The van der Waals surface area contributed by atoms with Crippen molar-refractivity contribution in [1.29, 1.82) is 0 Å². The van der Waals surface area contributed by atoms with Gasteiger partial charge in [0.2, 0.25) is 5.91 Å². The molecule has 0 atom stereocenters. The van der Waals surface area contributed by atoms with Gasteiger partial charge in [0.1, 0.15) is 5.82 Å². The third-order valence-corrected chi connectivity index (χ3v) is 3.86. The van der Waals surface area contributed by atoms with E-state index in [1.165, 1.54) is 24.3 Å². The van der Waals surface area contributed by atoms with Gasteiger partial charge in [0.15, 0.2) is 0 Å². The number of carbonyl (C=O) groups is 2. The SMILES string of the molecule is O=C(CNC(=O)NCc1ccc([N+](=O)[O-])cc1)NCc1ccc(F)cc1C(F)(F)F. The van der Waals surface area contributed by atoms with Crippen LogP contribution in [0.5, 0.6) is 0 Å². The number of amides is 3. The Kier molecular flexibility index (Phi) is 7.28. The zero-order valence-corrected chi connectivity index (χ0v) is 15.3. The van der Waals surface area contributed by atoms with Crippen LogP contribution >= 0.6 is 0 Å². The van der Waals surface area contributed by atoms with Crippen molar-refractivity contribution in [3.05, 3.63) is 75.1 Å². The van der Waals surface area contributed by atoms with Gasteiger partial charge in [-0.25, -0.2) is 9.18 Å². The van der Waals surface area contributed by atoms with Gasteiger partial charge in [0.25, 0.3) is 5.69 Å². The zero-order chi connectivity index (χ0) is 22.3. The number of non-ortho nitro benzene ring substituents is 1. The molecule has 0 heterocycles. The lowest BCUT2D eigenvalue weighted by Crippen LogP contribution is -2.41. The number of benzene rings is 2. The first-order valence-corrected chi connectivity index (χ1v) is 8.43. The molecule has 30 heavy (non-hydrogen) atoms. The Hall–Kier alpha value is -3.70. The molecule has 0 bridgehead atoms. The molecular weight excluding hydrogens is 412 g/mol. The molecule has 0 aromatic heterocycles. The van der Waals surface area contributed by atoms with E-state index in [-0.39, 0.29) is 17.8 Å². The van der Waals surface area contributed by atoms with E-state index in [1.54, 1.807) is 0 Å². The molecule has 0 fully saturated rings. The highest BCUT2D eigenvalue weighted by molar-refractivity contribution is 5.83. The Morgan fingerprint density at radius 2 is 1.63 bits per heavy atom. The van der Waals surface area contributed by atoms with Crippen LogP contribution < -0.4 is 16.0 Å². The smallest absolute Gasteiger partial charge is 0.350 e. The molecule has 160 valence electrons. The van der Waals surface area contributed by atoms with E-state index in [0.29, 0.717) is 11.6 Å². The first-order chi connectivity index (χ1) is 14.1. The fourth-order valence-electron chi connectivity index (χ4n) is 2.36. The van der Waals surface area contributed by atoms with E-state index in [9.17, 15) is 37.3 Å². The Labute approximate surface area is 167 Å². The van der Waals surface area contributed by atoms with Crippen molar-refractivity contribution >= 4 is 17.6 Å². The number of nitrogens with zero attached hydrogens (tertiary/aromatic N) is 1. The maximum Gasteiger partial charge on any atom is 0.416 e. The summed E-state index contributed by atoms with van der Waals surface area (Å²) in [5.74, 6) is -1.80. The number of nitrogens with one attached hydrogen (secondary N) is 3. The van der Waals surface area contributed by atoms with E-state index in [0.717, 1.165) is 12.1 Å². The standard InChI is InChI=1S/C18H16F4N4O4/c19-13-4-3-12(15(7-13)18(20,21)22)9-23-16(27)10-25-17(28)24-8-11-1-5-14(6-2-11)26(29)30/h1-7H,8-10H2,(H,23,27)(H2,24,25,28). The van der Waals surface area contributed by atoms with Crippen LogP contribution in [0.1, 0.15) is 16.7 Å². The molecule has 0 unspecified atom stereocenters. The molecule has 3 amide bonds.